The molecule has 2 atom stereocenters. The van der Waals surface area contributed by atoms with Crippen molar-refractivity contribution >= 4 is 5.82 Å². The summed E-state index contributed by atoms with van der Waals surface area (Å²) in [4.78, 5) is 6.70. The van der Waals surface area contributed by atoms with Crippen LogP contribution in [-0.4, -0.2) is 23.6 Å². The summed E-state index contributed by atoms with van der Waals surface area (Å²) in [5.41, 5.74) is 5.92. The van der Waals surface area contributed by atoms with Gasteiger partial charge in [-0.15, -0.1) is 0 Å². The van der Waals surface area contributed by atoms with Crippen molar-refractivity contribution in [2.24, 2.45) is 5.73 Å². The molecule has 0 aliphatic carbocycles. The van der Waals surface area contributed by atoms with E-state index in [0.717, 1.165) is 25.2 Å². The molecule has 0 radical (unpaired) electrons. The molecule has 0 spiro atoms. The second-order valence-corrected chi connectivity index (χ2v) is 4.01. The molecule has 1 aromatic rings. The summed E-state index contributed by atoms with van der Waals surface area (Å²) in [6.45, 7) is 3.24. The molecular weight excluding hydrogens is 174 g/mol. The molecule has 2 rings (SSSR count). The summed E-state index contributed by atoms with van der Waals surface area (Å²) in [5, 5.41) is 0. The summed E-state index contributed by atoms with van der Waals surface area (Å²) < 4.78 is 0. The Kier molecular flexibility index (Phi) is 2.68. The molecule has 2 heterocycles. The highest BCUT2D eigenvalue weighted by Gasteiger charge is 2.23. The number of anilines is 1. The molecule has 0 aromatic carbocycles. The van der Waals surface area contributed by atoms with Gasteiger partial charge in [-0.2, -0.15) is 0 Å². The van der Waals surface area contributed by atoms with Gasteiger partial charge in [0.2, 0.25) is 0 Å². The smallest absolute Gasteiger partial charge is 0.128 e. The number of piperidine rings is 1. The second-order valence-electron chi connectivity index (χ2n) is 4.01. The van der Waals surface area contributed by atoms with Crippen LogP contribution in [0.5, 0.6) is 0 Å². The summed E-state index contributed by atoms with van der Waals surface area (Å²) in [6.07, 6.45) is 3.98. The van der Waals surface area contributed by atoms with Gasteiger partial charge in [-0.25, -0.2) is 4.98 Å². The van der Waals surface area contributed by atoms with Gasteiger partial charge < -0.3 is 10.6 Å². The predicted octanol–water partition coefficient (Wildman–Crippen LogP) is 1.40. The van der Waals surface area contributed by atoms with Gasteiger partial charge in [0.1, 0.15) is 5.82 Å². The van der Waals surface area contributed by atoms with Gasteiger partial charge in [0.25, 0.3) is 0 Å². The molecule has 3 heteroatoms. The van der Waals surface area contributed by atoms with Crippen LogP contribution in [0.4, 0.5) is 5.82 Å². The van der Waals surface area contributed by atoms with Crippen LogP contribution < -0.4 is 10.6 Å². The van der Waals surface area contributed by atoms with E-state index in [9.17, 15) is 0 Å². The zero-order chi connectivity index (χ0) is 9.97. The minimum atomic E-state index is 0.366. The molecule has 3 nitrogen and oxygen atoms in total. The van der Waals surface area contributed by atoms with E-state index in [0.29, 0.717) is 12.1 Å². The number of aromatic nitrogens is 1. The van der Waals surface area contributed by atoms with Gasteiger partial charge in [-0.3, -0.25) is 0 Å². The first kappa shape index (κ1) is 9.46. The van der Waals surface area contributed by atoms with Gasteiger partial charge in [-0.1, -0.05) is 6.07 Å². The average Bonchev–Trinajstić information content (AvgIpc) is 2.19. The normalized spacial score (nSPS) is 27.7. The highest BCUT2D eigenvalue weighted by molar-refractivity contribution is 5.39. The summed E-state index contributed by atoms with van der Waals surface area (Å²) in [5.74, 6) is 1.08. The Morgan fingerprint density at radius 1 is 1.50 bits per heavy atom. The lowest BCUT2D eigenvalue weighted by Crippen LogP contribution is -2.45. The SMILES string of the molecule is CC1CC(N)CCN1c1ccccn1. The number of hydrogen-bond donors (Lipinski definition) is 1. The molecule has 76 valence electrons. The molecule has 2 N–H and O–H groups in total. The molecule has 0 bridgehead atoms. The molecule has 0 amide bonds. The lowest BCUT2D eigenvalue weighted by atomic mass is 9.99. The largest absolute Gasteiger partial charge is 0.354 e. The average molecular weight is 191 g/mol. The van der Waals surface area contributed by atoms with Crippen LogP contribution in [0.1, 0.15) is 19.8 Å². The van der Waals surface area contributed by atoms with E-state index < -0.39 is 0 Å². The first-order chi connectivity index (χ1) is 6.77. The minimum absolute atomic E-state index is 0.366. The van der Waals surface area contributed by atoms with E-state index in [-0.39, 0.29) is 0 Å². The van der Waals surface area contributed by atoms with Crippen molar-refractivity contribution in [3.05, 3.63) is 24.4 Å². The van der Waals surface area contributed by atoms with Gasteiger partial charge in [0, 0.05) is 24.8 Å². The van der Waals surface area contributed by atoms with Crippen molar-refractivity contribution in [3.63, 3.8) is 0 Å². The third-order valence-corrected chi connectivity index (χ3v) is 2.86. The number of nitrogens with two attached hydrogens (primary N) is 1. The summed E-state index contributed by atoms with van der Waals surface area (Å²) in [6, 6.07) is 6.92. The lowest BCUT2D eigenvalue weighted by molar-refractivity contribution is 0.427. The second kappa shape index (κ2) is 3.96. The van der Waals surface area contributed by atoms with Crippen LogP contribution >= 0.6 is 0 Å². The Bertz CT molecular complexity index is 286. The Morgan fingerprint density at radius 2 is 2.36 bits per heavy atom. The fourth-order valence-electron chi connectivity index (χ4n) is 2.07. The Labute approximate surface area is 84.9 Å². The van der Waals surface area contributed by atoms with Crippen molar-refractivity contribution < 1.29 is 0 Å². The molecular formula is C11H17N3. The Hall–Kier alpha value is -1.09. The van der Waals surface area contributed by atoms with Crippen LogP contribution in [0.25, 0.3) is 0 Å². The van der Waals surface area contributed by atoms with Crippen molar-refractivity contribution in [2.45, 2.75) is 31.8 Å². The third kappa shape index (κ3) is 1.87. The van der Waals surface area contributed by atoms with E-state index in [2.05, 4.69) is 22.9 Å². The molecule has 1 aliphatic heterocycles. The number of hydrogen-bond acceptors (Lipinski definition) is 3. The topological polar surface area (TPSA) is 42.1 Å². The van der Waals surface area contributed by atoms with E-state index in [1.165, 1.54) is 0 Å². The third-order valence-electron chi connectivity index (χ3n) is 2.86. The highest BCUT2D eigenvalue weighted by atomic mass is 15.2. The lowest BCUT2D eigenvalue weighted by Gasteiger charge is -2.37. The zero-order valence-electron chi connectivity index (χ0n) is 8.56. The van der Waals surface area contributed by atoms with Crippen LogP contribution in [-0.2, 0) is 0 Å². The fourth-order valence-corrected chi connectivity index (χ4v) is 2.07. The van der Waals surface area contributed by atoms with Crippen molar-refractivity contribution in [1.82, 2.24) is 4.98 Å². The maximum Gasteiger partial charge on any atom is 0.128 e. The van der Waals surface area contributed by atoms with Gasteiger partial charge in [0.05, 0.1) is 0 Å². The Balaban J connectivity index is 2.12. The quantitative estimate of drug-likeness (QED) is 0.729. The molecule has 1 aliphatic rings. The number of rotatable bonds is 1. The molecule has 1 saturated heterocycles. The van der Waals surface area contributed by atoms with Crippen LogP contribution in [0, 0.1) is 0 Å². The monoisotopic (exact) mass is 191 g/mol. The van der Waals surface area contributed by atoms with E-state index >= 15 is 0 Å². The number of pyridine rings is 1. The van der Waals surface area contributed by atoms with Crippen LogP contribution in [0.2, 0.25) is 0 Å². The fraction of sp³-hybridized carbons (Fsp3) is 0.545. The zero-order valence-corrected chi connectivity index (χ0v) is 8.56. The summed E-state index contributed by atoms with van der Waals surface area (Å²) in [7, 11) is 0. The standard InChI is InChI=1S/C11H17N3/c1-9-8-10(12)5-7-14(9)11-4-2-3-6-13-11/h2-4,6,9-10H,5,7-8,12H2,1H3. The maximum atomic E-state index is 5.92. The van der Waals surface area contributed by atoms with E-state index in [1.807, 2.05) is 18.3 Å². The van der Waals surface area contributed by atoms with E-state index in [1.54, 1.807) is 0 Å². The van der Waals surface area contributed by atoms with Gasteiger partial charge in [-0.05, 0) is 31.9 Å². The van der Waals surface area contributed by atoms with Crippen molar-refractivity contribution in [3.8, 4) is 0 Å². The van der Waals surface area contributed by atoms with Crippen molar-refractivity contribution in [2.75, 3.05) is 11.4 Å². The molecule has 2 unspecified atom stereocenters. The maximum absolute atomic E-state index is 5.92. The highest BCUT2D eigenvalue weighted by Crippen LogP contribution is 2.21. The van der Waals surface area contributed by atoms with Gasteiger partial charge in [0.15, 0.2) is 0 Å². The minimum Gasteiger partial charge on any atom is -0.354 e. The first-order valence-corrected chi connectivity index (χ1v) is 5.20. The predicted molar refractivity (Wildman–Crippen MR) is 58.3 cm³/mol. The van der Waals surface area contributed by atoms with Gasteiger partial charge >= 0.3 is 0 Å². The molecule has 1 aromatic heterocycles. The first-order valence-electron chi connectivity index (χ1n) is 5.20. The molecule has 1 fully saturated rings. The molecule has 0 saturated carbocycles. The number of nitrogens with zero attached hydrogens (tertiary/aromatic N) is 2. The molecule has 14 heavy (non-hydrogen) atoms. The summed E-state index contributed by atoms with van der Waals surface area (Å²) >= 11 is 0. The van der Waals surface area contributed by atoms with Crippen molar-refractivity contribution in [1.29, 1.82) is 0 Å². The van der Waals surface area contributed by atoms with E-state index in [4.69, 9.17) is 5.73 Å². The van der Waals surface area contributed by atoms with Crippen LogP contribution in [0.3, 0.4) is 0 Å². The Morgan fingerprint density at radius 3 is 3.00 bits per heavy atom. The van der Waals surface area contributed by atoms with Crippen LogP contribution in [0.15, 0.2) is 24.4 Å².